The number of carbonyl (C=O) groups excluding carboxylic acids is 1. The van der Waals surface area contributed by atoms with Crippen molar-refractivity contribution < 1.29 is 8.91 Å². The van der Waals surface area contributed by atoms with Gasteiger partial charge >= 0.3 is 6.03 Å². The van der Waals surface area contributed by atoms with Crippen LogP contribution in [0, 0.1) is 0 Å². The average molecular weight is 254 g/mol. The third kappa shape index (κ3) is 6.99. The largest absolute Gasteiger partial charge is 0.471 e. The van der Waals surface area contributed by atoms with Gasteiger partial charge in [0.2, 0.25) is 0 Å². The molecule has 2 N–H and O–H groups in total. The van der Waals surface area contributed by atoms with Gasteiger partial charge in [0.15, 0.2) is 0 Å². The Kier molecular flexibility index (Phi) is 8.13. The van der Waals surface area contributed by atoms with Gasteiger partial charge in [-0.15, -0.1) is 0 Å². The topological polar surface area (TPSA) is 55.6 Å². The molecule has 0 radical (unpaired) electrons. The molecule has 0 fully saturated rings. The number of rotatable bonds is 2. The summed E-state index contributed by atoms with van der Waals surface area (Å²) in [4.78, 5) is 11.9. The van der Waals surface area contributed by atoms with Crippen molar-refractivity contribution in [3.63, 3.8) is 0 Å². The third-order valence-electron chi connectivity index (χ3n) is 1.64. The highest BCUT2D eigenvalue weighted by Crippen LogP contribution is 2.01. The van der Waals surface area contributed by atoms with Crippen LogP contribution < -0.4 is 5.73 Å². The first-order valence-electron chi connectivity index (χ1n) is 4.77. The number of hydrogen-bond donors (Lipinski definition) is 1. The Hall–Kier alpha value is -1.38. The number of nitrogens with zero attached hydrogens (tertiary/aromatic N) is 1. The molecule has 1 aromatic carbocycles. The molecule has 0 aromatic heterocycles. The zero-order chi connectivity index (χ0) is 12.4. The van der Waals surface area contributed by atoms with Crippen LogP contribution in [0.15, 0.2) is 36.5 Å². The molecular weight excluding hydrogens is 236 g/mol. The molecule has 0 aliphatic carbocycles. The van der Waals surface area contributed by atoms with Crippen molar-refractivity contribution in [2.24, 2.45) is 5.73 Å². The van der Waals surface area contributed by atoms with Crippen LogP contribution in [-0.4, -0.2) is 39.0 Å². The highest BCUT2D eigenvalue weighted by atomic mass is 28.3. The van der Waals surface area contributed by atoms with Crippen molar-refractivity contribution >= 4 is 33.1 Å². The molecule has 0 atom stereocenters. The molecule has 0 heterocycles. The summed E-state index contributed by atoms with van der Waals surface area (Å²) >= 11 is 0. The van der Waals surface area contributed by atoms with Crippen molar-refractivity contribution in [2.45, 2.75) is 0 Å². The first-order valence-corrected chi connectivity index (χ1v) is 6.40. The average Bonchev–Trinajstić information content (AvgIpc) is 2.28. The number of amides is 2. The van der Waals surface area contributed by atoms with Gasteiger partial charge in [0, 0.05) is 13.2 Å². The number of carbonyl (C=O) groups is 1. The van der Waals surface area contributed by atoms with E-state index in [9.17, 15) is 4.79 Å². The van der Waals surface area contributed by atoms with Crippen molar-refractivity contribution in [2.75, 3.05) is 7.05 Å². The van der Waals surface area contributed by atoms with E-state index in [0.717, 1.165) is 26.5 Å². The maximum Gasteiger partial charge on any atom is 0.318 e. The van der Waals surface area contributed by atoms with Gasteiger partial charge in [0.1, 0.15) is 21.0 Å². The Morgan fingerprint density at radius 2 is 1.88 bits per heavy atom. The van der Waals surface area contributed by atoms with E-state index in [1.165, 1.54) is 4.90 Å². The Bertz CT molecular complexity index is 331. The molecule has 1 rings (SSSR count). The Morgan fingerprint density at radius 1 is 1.38 bits per heavy atom. The molecule has 88 valence electrons. The van der Waals surface area contributed by atoms with E-state index >= 15 is 0 Å². The van der Waals surface area contributed by atoms with Gasteiger partial charge in [-0.25, -0.2) is 4.79 Å². The van der Waals surface area contributed by atoms with Gasteiger partial charge < -0.3 is 14.7 Å². The predicted molar refractivity (Wildman–Crippen MR) is 73.8 cm³/mol. The maximum absolute atomic E-state index is 10.6. The normalized spacial score (nSPS) is 9.81. The highest BCUT2D eigenvalue weighted by Gasteiger charge is 1.95. The standard InChI is InChI=1S/C10H12N2O.H6OSi2/c1-12(10(11)13)8-7-9-5-3-2-4-6-9;2-1-3/h2-8H,1H3,(H2,11,13);2-3H3. The van der Waals surface area contributed by atoms with Crippen LogP contribution in [0.2, 0.25) is 0 Å². The SMILES string of the molecule is CN(C=Cc1ccccc1)C(N)=O.[SiH3]O[SiH3]. The fraction of sp³-hybridized carbons (Fsp3) is 0.100. The van der Waals surface area contributed by atoms with Gasteiger partial charge in [-0.1, -0.05) is 30.3 Å². The Balaban J connectivity index is 0.000000673. The van der Waals surface area contributed by atoms with Gasteiger partial charge in [-0.05, 0) is 11.6 Å². The summed E-state index contributed by atoms with van der Waals surface area (Å²) in [5.41, 5.74) is 6.07. The molecule has 16 heavy (non-hydrogen) atoms. The van der Waals surface area contributed by atoms with Crippen LogP contribution in [0.4, 0.5) is 4.79 Å². The molecule has 0 saturated carbocycles. The van der Waals surface area contributed by atoms with Crippen LogP contribution in [-0.2, 0) is 4.12 Å². The number of benzene rings is 1. The van der Waals surface area contributed by atoms with Crippen molar-refractivity contribution in [3.05, 3.63) is 42.1 Å². The fourth-order valence-electron chi connectivity index (χ4n) is 0.835. The summed E-state index contributed by atoms with van der Waals surface area (Å²) in [7, 11) is 3.47. The summed E-state index contributed by atoms with van der Waals surface area (Å²) in [6.45, 7) is 0. The second kappa shape index (κ2) is 8.89. The summed E-state index contributed by atoms with van der Waals surface area (Å²) in [5, 5.41) is 0. The van der Waals surface area contributed by atoms with E-state index in [2.05, 4.69) is 4.12 Å². The fourth-order valence-corrected chi connectivity index (χ4v) is 0.835. The minimum absolute atomic E-state index is 0.466. The van der Waals surface area contributed by atoms with E-state index in [-0.39, 0.29) is 0 Å². The molecule has 0 unspecified atom stereocenters. The lowest BCUT2D eigenvalue weighted by atomic mass is 10.2. The van der Waals surface area contributed by atoms with E-state index in [4.69, 9.17) is 5.73 Å². The molecular formula is C10H18N2O2Si2. The van der Waals surface area contributed by atoms with Crippen LogP contribution in [0.5, 0.6) is 0 Å². The summed E-state index contributed by atoms with van der Waals surface area (Å²) in [5.74, 6) is 0. The smallest absolute Gasteiger partial charge is 0.318 e. The zero-order valence-electron chi connectivity index (χ0n) is 9.88. The quantitative estimate of drug-likeness (QED) is 0.705. The molecule has 0 saturated heterocycles. The summed E-state index contributed by atoms with van der Waals surface area (Å²) < 4.78 is 4.53. The van der Waals surface area contributed by atoms with Gasteiger partial charge in [0.25, 0.3) is 0 Å². The lowest BCUT2D eigenvalue weighted by molar-refractivity contribution is 0.231. The third-order valence-corrected chi connectivity index (χ3v) is 1.64. The lowest BCUT2D eigenvalue weighted by Gasteiger charge is -2.06. The van der Waals surface area contributed by atoms with Crippen LogP contribution in [0.1, 0.15) is 5.56 Å². The minimum Gasteiger partial charge on any atom is -0.471 e. The predicted octanol–water partition coefficient (Wildman–Crippen LogP) is -0.768. The van der Waals surface area contributed by atoms with Crippen LogP contribution in [0.25, 0.3) is 6.08 Å². The maximum atomic E-state index is 10.6. The second-order valence-electron chi connectivity index (χ2n) is 3.08. The molecule has 6 heteroatoms. The molecule has 0 aliphatic rings. The Morgan fingerprint density at radius 3 is 2.31 bits per heavy atom. The van der Waals surface area contributed by atoms with E-state index in [1.807, 2.05) is 36.4 Å². The second-order valence-corrected chi connectivity index (χ2v) is 6.35. The van der Waals surface area contributed by atoms with Crippen LogP contribution >= 0.6 is 0 Å². The summed E-state index contributed by atoms with van der Waals surface area (Å²) in [6, 6.07) is 9.24. The van der Waals surface area contributed by atoms with Gasteiger partial charge in [0.05, 0.1) is 0 Å². The van der Waals surface area contributed by atoms with Gasteiger partial charge in [-0.2, -0.15) is 0 Å². The summed E-state index contributed by atoms with van der Waals surface area (Å²) in [6.07, 6.45) is 3.46. The molecule has 0 spiro atoms. The van der Waals surface area contributed by atoms with Crippen molar-refractivity contribution in [1.29, 1.82) is 0 Å². The Labute approximate surface area is 102 Å². The molecule has 0 bridgehead atoms. The molecule has 1 aromatic rings. The van der Waals surface area contributed by atoms with E-state index < -0.39 is 6.03 Å². The van der Waals surface area contributed by atoms with Crippen molar-refractivity contribution in [1.82, 2.24) is 4.90 Å². The first kappa shape index (κ1) is 14.6. The number of hydrogen-bond acceptors (Lipinski definition) is 2. The van der Waals surface area contributed by atoms with Crippen molar-refractivity contribution in [3.8, 4) is 0 Å². The van der Waals surface area contributed by atoms with E-state index in [1.54, 1.807) is 13.2 Å². The molecule has 0 aliphatic heterocycles. The first-order chi connectivity index (χ1) is 7.61. The molecule has 2 amide bonds. The highest BCUT2D eigenvalue weighted by molar-refractivity contribution is 6.15. The lowest BCUT2D eigenvalue weighted by Crippen LogP contribution is -2.26. The number of nitrogens with two attached hydrogens (primary N) is 1. The van der Waals surface area contributed by atoms with Crippen LogP contribution in [0.3, 0.4) is 0 Å². The minimum atomic E-state index is -0.466. The zero-order valence-corrected chi connectivity index (χ0v) is 13.9. The monoisotopic (exact) mass is 254 g/mol. The molecule has 4 nitrogen and oxygen atoms in total. The van der Waals surface area contributed by atoms with Gasteiger partial charge in [-0.3, -0.25) is 0 Å². The number of primary amides is 1. The van der Waals surface area contributed by atoms with E-state index in [0.29, 0.717) is 0 Å². The number of urea groups is 1.